The molecular formula is C17H16N2O2. The normalized spacial score (nSPS) is 10.4. The van der Waals surface area contributed by atoms with Gasteiger partial charge in [-0.15, -0.1) is 0 Å². The second kappa shape index (κ2) is 5.71. The SMILES string of the molecule is COc1ccc(-c2cn[nH]c2-c2ccccc2OC)cc1. The molecule has 0 amide bonds. The first-order chi connectivity index (χ1) is 10.3. The smallest absolute Gasteiger partial charge is 0.128 e. The highest BCUT2D eigenvalue weighted by Crippen LogP contribution is 2.35. The van der Waals surface area contributed by atoms with Gasteiger partial charge in [0.25, 0.3) is 0 Å². The van der Waals surface area contributed by atoms with Crippen molar-refractivity contribution in [1.29, 1.82) is 0 Å². The Labute approximate surface area is 123 Å². The van der Waals surface area contributed by atoms with Crippen LogP contribution in [0.5, 0.6) is 11.5 Å². The Morgan fingerprint density at radius 3 is 2.33 bits per heavy atom. The fraction of sp³-hybridized carbons (Fsp3) is 0.118. The van der Waals surface area contributed by atoms with Crippen molar-refractivity contribution in [3.05, 3.63) is 54.7 Å². The molecule has 0 aliphatic heterocycles. The lowest BCUT2D eigenvalue weighted by Crippen LogP contribution is -1.89. The van der Waals surface area contributed by atoms with Crippen LogP contribution in [0.3, 0.4) is 0 Å². The Kier molecular flexibility index (Phi) is 3.60. The molecule has 2 aromatic carbocycles. The number of H-pyrrole nitrogens is 1. The lowest BCUT2D eigenvalue weighted by molar-refractivity contribution is 0.415. The van der Waals surface area contributed by atoms with Gasteiger partial charge < -0.3 is 9.47 Å². The van der Waals surface area contributed by atoms with Crippen LogP contribution in [0.2, 0.25) is 0 Å². The van der Waals surface area contributed by atoms with Gasteiger partial charge in [-0.2, -0.15) is 5.10 Å². The van der Waals surface area contributed by atoms with E-state index in [1.54, 1.807) is 14.2 Å². The molecule has 0 spiro atoms. The quantitative estimate of drug-likeness (QED) is 0.791. The van der Waals surface area contributed by atoms with Crippen molar-refractivity contribution in [3.63, 3.8) is 0 Å². The Morgan fingerprint density at radius 1 is 0.857 bits per heavy atom. The number of methoxy groups -OCH3 is 2. The molecule has 1 heterocycles. The summed E-state index contributed by atoms with van der Waals surface area (Å²) in [6.45, 7) is 0. The van der Waals surface area contributed by atoms with E-state index in [9.17, 15) is 0 Å². The number of aromatic amines is 1. The maximum atomic E-state index is 5.43. The van der Waals surface area contributed by atoms with Crippen LogP contribution in [0.25, 0.3) is 22.4 Å². The van der Waals surface area contributed by atoms with Gasteiger partial charge in [0.15, 0.2) is 0 Å². The number of aromatic nitrogens is 2. The van der Waals surface area contributed by atoms with Crippen LogP contribution >= 0.6 is 0 Å². The van der Waals surface area contributed by atoms with Gasteiger partial charge >= 0.3 is 0 Å². The fourth-order valence-electron chi connectivity index (χ4n) is 2.33. The maximum absolute atomic E-state index is 5.43. The highest BCUT2D eigenvalue weighted by Gasteiger charge is 2.13. The first kappa shape index (κ1) is 13.2. The first-order valence-corrected chi connectivity index (χ1v) is 6.64. The zero-order chi connectivity index (χ0) is 14.7. The topological polar surface area (TPSA) is 47.1 Å². The number of hydrogen-bond donors (Lipinski definition) is 1. The molecule has 0 bridgehead atoms. The van der Waals surface area contributed by atoms with Gasteiger partial charge in [-0.25, -0.2) is 0 Å². The molecule has 3 rings (SSSR count). The number of nitrogens with zero attached hydrogens (tertiary/aromatic N) is 1. The summed E-state index contributed by atoms with van der Waals surface area (Å²) in [5, 5.41) is 7.24. The lowest BCUT2D eigenvalue weighted by atomic mass is 10.0. The highest BCUT2D eigenvalue weighted by atomic mass is 16.5. The van der Waals surface area contributed by atoms with Crippen molar-refractivity contribution >= 4 is 0 Å². The van der Waals surface area contributed by atoms with E-state index < -0.39 is 0 Å². The van der Waals surface area contributed by atoms with Crippen molar-refractivity contribution in [1.82, 2.24) is 10.2 Å². The summed E-state index contributed by atoms with van der Waals surface area (Å²) in [6, 6.07) is 15.8. The molecule has 1 N–H and O–H groups in total. The van der Waals surface area contributed by atoms with Crippen LogP contribution in [-0.4, -0.2) is 24.4 Å². The maximum Gasteiger partial charge on any atom is 0.128 e. The van der Waals surface area contributed by atoms with Gasteiger partial charge in [0.1, 0.15) is 11.5 Å². The molecule has 106 valence electrons. The van der Waals surface area contributed by atoms with Crippen LogP contribution in [0.4, 0.5) is 0 Å². The van der Waals surface area contributed by atoms with Crippen molar-refractivity contribution in [2.45, 2.75) is 0 Å². The monoisotopic (exact) mass is 280 g/mol. The fourth-order valence-corrected chi connectivity index (χ4v) is 2.33. The first-order valence-electron chi connectivity index (χ1n) is 6.64. The third-order valence-corrected chi connectivity index (χ3v) is 3.42. The molecule has 0 fully saturated rings. The Hall–Kier alpha value is -2.75. The van der Waals surface area contributed by atoms with E-state index in [2.05, 4.69) is 10.2 Å². The molecular weight excluding hydrogens is 264 g/mol. The molecule has 4 heteroatoms. The Bertz CT molecular complexity index is 733. The number of benzene rings is 2. The van der Waals surface area contributed by atoms with E-state index >= 15 is 0 Å². The van der Waals surface area contributed by atoms with Crippen LogP contribution in [0, 0.1) is 0 Å². The molecule has 1 aromatic heterocycles. The molecule has 0 saturated carbocycles. The predicted molar refractivity (Wildman–Crippen MR) is 82.6 cm³/mol. The molecule has 21 heavy (non-hydrogen) atoms. The van der Waals surface area contributed by atoms with E-state index in [1.807, 2.05) is 54.7 Å². The van der Waals surface area contributed by atoms with E-state index in [-0.39, 0.29) is 0 Å². The zero-order valence-corrected chi connectivity index (χ0v) is 12.0. The summed E-state index contributed by atoms with van der Waals surface area (Å²) in [4.78, 5) is 0. The van der Waals surface area contributed by atoms with E-state index in [0.29, 0.717) is 0 Å². The minimum Gasteiger partial charge on any atom is -0.497 e. The average Bonchev–Trinajstić information content (AvgIpc) is 3.04. The molecule has 4 nitrogen and oxygen atoms in total. The van der Waals surface area contributed by atoms with Gasteiger partial charge in [0.2, 0.25) is 0 Å². The minimum absolute atomic E-state index is 0.816. The summed E-state index contributed by atoms with van der Waals surface area (Å²) in [7, 11) is 3.33. The molecule has 0 aliphatic rings. The van der Waals surface area contributed by atoms with E-state index in [1.165, 1.54) is 0 Å². The van der Waals surface area contributed by atoms with Gasteiger partial charge in [-0.3, -0.25) is 5.10 Å². The van der Waals surface area contributed by atoms with Crippen LogP contribution < -0.4 is 9.47 Å². The minimum atomic E-state index is 0.816. The standard InChI is InChI=1S/C17H16N2O2/c1-20-13-9-7-12(8-10-13)15-11-18-19-17(15)14-5-3-4-6-16(14)21-2/h3-11H,1-2H3,(H,18,19). The van der Waals surface area contributed by atoms with Crippen LogP contribution in [-0.2, 0) is 0 Å². The van der Waals surface area contributed by atoms with Crippen molar-refractivity contribution < 1.29 is 9.47 Å². The Morgan fingerprint density at radius 2 is 1.62 bits per heavy atom. The largest absolute Gasteiger partial charge is 0.497 e. The third-order valence-electron chi connectivity index (χ3n) is 3.42. The summed E-state index contributed by atoms with van der Waals surface area (Å²) in [6.07, 6.45) is 1.82. The number of para-hydroxylation sites is 1. The second-order valence-electron chi connectivity index (χ2n) is 4.59. The Balaban J connectivity index is 2.08. The lowest BCUT2D eigenvalue weighted by Gasteiger charge is -2.09. The second-order valence-corrected chi connectivity index (χ2v) is 4.59. The van der Waals surface area contributed by atoms with Crippen molar-refractivity contribution in [3.8, 4) is 33.9 Å². The number of nitrogens with one attached hydrogen (secondary N) is 1. The molecule has 0 saturated heterocycles. The summed E-state index contributed by atoms with van der Waals surface area (Å²) in [5.74, 6) is 1.65. The van der Waals surface area contributed by atoms with Crippen LogP contribution in [0.15, 0.2) is 54.7 Å². The van der Waals surface area contributed by atoms with Gasteiger partial charge in [-0.05, 0) is 29.8 Å². The van der Waals surface area contributed by atoms with Crippen molar-refractivity contribution in [2.24, 2.45) is 0 Å². The summed E-state index contributed by atoms with van der Waals surface area (Å²) >= 11 is 0. The molecule has 0 unspecified atom stereocenters. The number of rotatable bonds is 4. The van der Waals surface area contributed by atoms with Crippen LogP contribution in [0.1, 0.15) is 0 Å². The summed E-state index contributed by atoms with van der Waals surface area (Å²) in [5.41, 5.74) is 4.04. The zero-order valence-electron chi connectivity index (χ0n) is 12.0. The van der Waals surface area contributed by atoms with E-state index in [4.69, 9.17) is 9.47 Å². The number of hydrogen-bond acceptors (Lipinski definition) is 3. The molecule has 3 aromatic rings. The molecule has 0 atom stereocenters. The number of ether oxygens (including phenoxy) is 2. The highest BCUT2D eigenvalue weighted by molar-refractivity contribution is 5.83. The van der Waals surface area contributed by atoms with Crippen molar-refractivity contribution in [2.75, 3.05) is 14.2 Å². The molecule has 0 radical (unpaired) electrons. The molecule has 0 aliphatic carbocycles. The van der Waals surface area contributed by atoms with Gasteiger partial charge in [0.05, 0.1) is 26.1 Å². The van der Waals surface area contributed by atoms with Gasteiger partial charge in [0, 0.05) is 11.1 Å². The third kappa shape index (κ3) is 2.48. The average molecular weight is 280 g/mol. The van der Waals surface area contributed by atoms with Gasteiger partial charge in [-0.1, -0.05) is 24.3 Å². The predicted octanol–water partition coefficient (Wildman–Crippen LogP) is 3.76. The van der Waals surface area contributed by atoms with E-state index in [0.717, 1.165) is 33.9 Å². The summed E-state index contributed by atoms with van der Waals surface area (Å²) < 4.78 is 10.6.